The van der Waals surface area contributed by atoms with Crippen LogP contribution in [0, 0.1) is 24.7 Å². The molecule has 2 saturated carbocycles. The van der Waals surface area contributed by atoms with Crippen LogP contribution < -0.4 is 0 Å². The van der Waals surface area contributed by atoms with Gasteiger partial charge in [0.25, 0.3) is 0 Å². The van der Waals surface area contributed by atoms with Gasteiger partial charge in [-0.3, -0.25) is 0 Å². The SMILES string of the molecule is Cc1cccc2c1C1C3CCC(C3)C1C2. The van der Waals surface area contributed by atoms with Crippen LogP contribution in [0.2, 0.25) is 0 Å². The van der Waals surface area contributed by atoms with Crippen molar-refractivity contribution in [2.24, 2.45) is 17.8 Å². The predicted octanol–water partition coefficient (Wildman–Crippen LogP) is 3.68. The standard InChI is InChI=1S/C15H18/c1-9-3-2-4-11-8-13-10-5-6-12(7-10)15(13)14(9)11/h2-4,10,12-13,15H,5-8H2,1H3. The predicted molar refractivity (Wildman–Crippen MR) is 61.9 cm³/mol. The van der Waals surface area contributed by atoms with E-state index in [1.54, 1.807) is 23.1 Å². The summed E-state index contributed by atoms with van der Waals surface area (Å²) in [5, 5.41) is 0. The molecule has 0 nitrogen and oxygen atoms in total. The maximum atomic E-state index is 2.38. The van der Waals surface area contributed by atoms with Gasteiger partial charge < -0.3 is 0 Å². The van der Waals surface area contributed by atoms with Crippen molar-refractivity contribution in [3.8, 4) is 0 Å². The van der Waals surface area contributed by atoms with Gasteiger partial charge in [0.15, 0.2) is 0 Å². The smallest absolute Gasteiger partial charge is 0.00940 e. The maximum absolute atomic E-state index is 2.38. The zero-order chi connectivity index (χ0) is 9.99. The molecule has 0 aliphatic heterocycles. The maximum Gasteiger partial charge on any atom is -0.00940 e. The molecule has 4 rings (SSSR count). The van der Waals surface area contributed by atoms with Crippen LogP contribution in [0.1, 0.15) is 41.9 Å². The molecular weight excluding hydrogens is 180 g/mol. The van der Waals surface area contributed by atoms with Crippen molar-refractivity contribution in [2.45, 2.75) is 38.5 Å². The number of benzene rings is 1. The van der Waals surface area contributed by atoms with E-state index >= 15 is 0 Å². The summed E-state index contributed by atoms with van der Waals surface area (Å²) in [7, 11) is 0. The summed E-state index contributed by atoms with van der Waals surface area (Å²) < 4.78 is 0. The molecule has 0 heteroatoms. The number of hydrogen-bond donors (Lipinski definition) is 0. The molecule has 15 heavy (non-hydrogen) atoms. The number of hydrogen-bond acceptors (Lipinski definition) is 0. The lowest BCUT2D eigenvalue weighted by Crippen LogP contribution is -2.16. The fourth-order valence-electron chi connectivity index (χ4n) is 4.80. The summed E-state index contributed by atoms with van der Waals surface area (Å²) in [6.45, 7) is 2.31. The van der Waals surface area contributed by atoms with Gasteiger partial charge in [-0.25, -0.2) is 0 Å². The Balaban J connectivity index is 1.88. The van der Waals surface area contributed by atoms with Gasteiger partial charge in [-0.2, -0.15) is 0 Å². The number of rotatable bonds is 0. The minimum Gasteiger partial charge on any atom is -0.0617 e. The van der Waals surface area contributed by atoms with Gasteiger partial charge >= 0.3 is 0 Å². The molecular formula is C15H18. The molecule has 0 radical (unpaired) electrons. The van der Waals surface area contributed by atoms with Crippen LogP contribution in [0.3, 0.4) is 0 Å². The van der Waals surface area contributed by atoms with E-state index in [-0.39, 0.29) is 0 Å². The van der Waals surface area contributed by atoms with E-state index in [9.17, 15) is 0 Å². The zero-order valence-corrected chi connectivity index (χ0v) is 9.37. The lowest BCUT2D eigenvalue weighted by molar-refractivity contribution is 0.309. The summed E-state index contributed by atoms with van der Waals surface area (Å²) >= 11 is 0. The third-order valence-electron chi connectivity index (χ3n) is 5.29. The molecule has 0 N–H and O–H groups in total. The molecule has 4 atom stereocenters. The Morgan fingerprint density at radius 2 is 2.00 bits per heavy atom. The topological polar surface area (TPSA) is 0 Å². The molecule has 2 bridgehead atoms. The quantitative estimate of drug-likeness (QED) is 0.596. The molecule has 0 spiro atoms. The molecule has 3 aliphatic rings. The molecule has 0 aromatic heterocycles. The molecule has 78 valence electrons. The second kappa shape index (κ2) is 2.66. The van der Waals surface area contributed by atoms with Gasteiger partial charge in [-0.05, 0) is 73.0 Å². The molecule has 2 fully saturated rings. The van der Waals surface area contributed by atoms with Gasteiger partial charge in [0.2, 0.25) is 0 Å². The van der Waals surface area contributed by atoms with Crippen molar-refractivity contribution in [1.29, 1.82) is 0 Å². The highest BCUT2D eigenvalue weighted by Gasteiger charge is 2.51. The van der Waals surface area contributed by atoms with Crippen LogP contribution >= 0.6 is 0 Å². The second-order valence-electron chi connectivity index (χ2n) is 5.87. The Hall–Kier alpha value is -0.780. The molecule has 4 unspecified atom stereocenters. The highest BCUT2D eigenvalue weighted by Crippen LogP contribution is 2.61. The Morgan fingerprint density at radius 1 is 1.13 bits per heavy atom. The first-order valence-corrected chi connectivity index (χ1v) is 6.43. The van der Waals surface area contributed by atoms with E-state index < -0.39 is 0 Å². The van der Waals surface area contributed by atoms with Crippen molar-refractivity contribution in [2.75, 3.05) is 0 Å². The van der Waals surface area contributed by atoms with E-state index in [1.165, 1.54) is 19.3 Å². The Labute approximate surface area is 91.7 Å². The summed E-state index contributed by atoms with van der Waals surface area (Å²) in [6, 6.07) is 6.93. The highest BCUT2D eigenvalue weighted by atomic mass is 14.6. The first-order chi connectivity index (χ1) is 7.34. The van der Waals surface area contributed by atoms with Crippen molar-refractivity contribution in [3.05, 3.63) is 34.9 Å². The lowest BCUT2D eigenvalue weighted by Gasteiger charge is -2.25. The minimum atomic E-state index is 0.958. The lowest BCUT2D eigenvalue weighted by atomic mass is 9.79. The monoisotopic (exact) mass is 198 g/mol. The van der Waals surface area contributed by atoms with Crippen LogP contribution in [0.5, 0.6) is 0 Å². The van der Waals surface area contributed by atoms with Gasteiger partial charge in [0.1, 0.15) is 0 Å². The van der Waals surface area contributed by atoms with Crippen molar-refractivity contribution >= 4 is 0 Å². The third-order valence-corrected chi connectivity index (χ3v) is 5.29. The van der Waals surface area contributed by atoms with Crippen molar-refractivity contribution in [1.82, 2.24) is 0 Å². The first-order valence-electron chi connectivity index (χ1n) is 6.43. The van der Waals surface area contributed by atoms with Crippen LogP contribution in [-0.4, -0.2) is 0 Å². The zero-order valence-electron chi connectivity index (χ0n) is 9.37. The third kappa shape index (κ3) is 0.934. The van der Waals surface area contributed by atoms with Crippen LogP contribution in [0.4, 0.5) is 0 Å². The Kier molecular flexibility index (Phi) is 1.49. The summed E-state index contributed by atoms with van der Waals surface area (Å²) in [4.78, 5) is 0. The van der Waals surface area contributed by atoms with E-state index in [1.807, 2.05) is 0 Å². The van der Waals surface area contributed by atoms with Crippen LogP contribution in [-0.2, 0) is 6.42 Å². The fourth-order valence-corrected chi connectivity index (χ4v) is 4.80. The number of fused-ring (bicyclic) bond motifs is 7. The average molecular weight is 198 g/mol. The normalized spacial score (nSPS) is 40.6. The molecule has 0 saturated heterocycles. The van der Waals surface area contributed by atoms with Crippen LogP contribution in [0.15, 0.2) is 18.2 Å². The average Bonchev–Trinajstić information content (AvgIpc) is 2.87. The van der Waals surface area contributed by atoms with E-state index in [4.69, 9.17) is 0 Å². The first kappa shape index (κ1) is 8.38. The Bertz CT molecular complexity index is 418. The highest BCUT2D eigenvalue weighted by molar-refractivity contribution is 5.44. The van der Waals surface area contributed by atoms with E-state index in [0.717, 1.165) is 23.7 Å². The van der Waals surface area contributed by atoms with Gasteiger partial charge in [0, 0.05) is 0 Å². The number of aryl methyl sites for hydroxylation is 1. The summed E-state index contributed by atoms with van der Waals surface area (Å²) in [5.41, 5.74) is 5.00. The van der Waals surface area contributed by atoms with E-state index in [2.05, 4.69) is 25.1 Å². The van der Waals surface area contributed by atoms with Gasteiger partial charge in [-0.1, -0.05) is 18.2 Å². The van der Waals surface area contributed by atoms with Crippen LogP contribution in [0.25, 0.3) is 0 Å². The molecule has 0 amide bonds. The van der Waals surface area contributed by atoms with Crippen molar-refractivity contribution < 1.29 is 0 Å². The second-order valence-corrected chi connectivity index (χ2v) is 5.87. The van der Waals surface area contributed by atoms with Crippen molar-refractivity contribution in [3.63, 3.8) is 0 Å². The molecule has 1 aromatic carbocycles. The van der Waals surface area contributed by atoms with Gasteiger partial charge in [0.05, 0.1) is 0 Å². The molecule has 3 aliphatic carbocycles. The minimum absolute atomic E-state index is 0.958. The van der Waals surface area contributed by atoms with E-state index in [0.29, 0.717) is 0 Å². The van der Waals surface area contributed by atoms with Gasteiger partial charge in [-0.15, -0.1) is 0 Å². The molecule has 0 heterocycles. The molecule has 1 aromatic rings. The summed E-state index contributed by atoms with van der Waals surface area (Å²) in [6.07, 6.45) is 5.98. The fraction of sp³-hybridized carbons (Fsp3) is 0.600. The largest absolute Gasteiger partial charge is 0.0617 e. The summed E-state index contributed by atoms with van der Waals surface area (Å²) in [5.74, 6) is 4.11. The Morgan fingerprint density at radius 3 is 2.93 bits per heavy atom.